The first-order valence-electron chi connectivity index (χ1n) is 21.6. The Morgan fingerprint density at radius 1 is 0.516 bits per heavy atom. The van der Waals surface area contributed by atoms with Gasteiger partial charge in [-0.15, -0.1) is 0 Å². The smallest absolute Gasteiger partial charge is 0.305 e. The number of carbonyl (C=O) groups is 5. The highest BCUT2D eigenvalue weighted by molar-refractivity contribution is 5.86. The fraction of sp³-hybridized carbons (Fsp3) is 0.805. The van der Waals surface area contributed by atoms with Crippen molar-refractivity contribution in [3.63, 3.8) is 0 Å². The van der Waals surface area contributed by atoms with E-state index in [1.54, 1.807) is 0 Å². The van der Waals surface area contributed by atoms with Gasteiger partial charge in [0.2, 0.25) is 0 Å². The van der Waals surface area contributed by atoms with Crippen LogP contribution in [0.4, 0.5) is 0 Å². The minimum absolute atomic E-state index is 0.0868. The van der Waals surface area contributed by atoms with Gasteiger partial charge in [-0.3, -0.25) is 29.0 Å². The zero-order valence-electron chi connectivity index (χ0n) is 36.2. The van der Waals surface area contributed by atoms with E-state index < -0.39 is 72.2 Å². The van der Waals surface area contributed by atoms with Crippen molar-refractivity contribution in [2.45, 2.75) is 177 Å². The molecule has 21 nitrogen and oxygen atoms in total. The number of rotatable bonds is 39. The second kappa shape index (κ2) is 34.7. The Hall–Kier alpha value is -3.80. The molecule has 0 aromatic heterocycles. The van der Waals surface area contributed by atoms with Crippen molar-refractivity contribution in [3.8, 4) is 0 Å². The second-order valence-electron chi connectivity index (χ2n) is 15.4. The number of unbranched alkanes of at least 4 members (excludes halogenated alkanes) is 6. The third kappa shape index (κ3) is 26.0. The second-order valence-corrected chi connectivity index (χ2v) is 15.4. The van der Waals surface area contributed by atoms with Crippen LogP contribution in [-0.4, -0.2) is 170 Å². The number of ketones is 2. The monoisotopic (exact) mass is 890 g/mol. The van der Waals surface area contributed by atoms with E-state index in [2.05, 4.69) is 20.4 Å². The molecular formula is C41H75N7O14. The van der Waals surface area contributed by atoms with Crippen molar-refractivity contribution in [1.29, 1.82) is 10.8 Å². The summed E-state index contributed by atoms with van der Waals surface area (Å²) in [6, 6.07) is 0. The van der Waals surface area contributed by atoms with E-state index in [1.807, 2.05) is 0 Å². The Kier molecular flexibility index (Phi) is 32.5. The molecule has 16 N–H and O–H groups in total. The zero-order chi connectivity index (χ0) is 47.0. The number of esters is 1. The van der Waals surface area contributed by atoms with E-state index in [1.165, 1.54) is 7.11 Å². The molecule has 0 aromatic rings. The number of ether oxygens (including phenoxy) is 1. The largest absolute Gasteiger partial charge is 0.469 e. The third-order valence-corrected chi connectivity index (χ3v) is 10.1. The summed E-state index contributed by atoms with van der Waals surface area (Å²) in [5, 5.41) is 102. The first-order chi connectivity index (χ1) is 29.4. The molecule has 0 spiro atoms. The number of hydrogen-bond donors (Lipinski definition) is 14. The molecule has 0 aliphatic carbocycles. The number of amidine groups is 1. The molecule has 0 aliphatic heterocycles. The van der Waals surface area contributed by atoms with Crippen LogP contribution in [0.25, 0.3) is 0 Å². The molecule has 21 heteroatoms. The number of hydrogen-bond acceptors (Lipinski definition) is 18. The lowest BCUT2D eigenvalue weighted by Gasteiger charge is -2.25. The molecule has 62 heavy (non-hydrogen) atoms. The molecule has 0 saturated carbocycles. The number of amides is 2. The average Bonchev–Trinajstić information content (AvgIpc) is 3.26. The maximum atomic E-state index is 12.4. The Labute approximate surface area is 364 Å². The maximum absolute atomic E-state index is 12.4. The van der Waals surface area contributed by atoms with Gasteiger partial charge in [-0.05, 0) is 83.6 Å². The van der Waals surface area contributed by atoms with Gasteiger partial charge in [0, 0.05) is 56.7 Å². The van der Waals surface area contributed by atoms with Crippen LogP contribution in [0.5, 0.6) is 0 Å². The van der Waals surface area contributed by atoms with Gasteiger partial charge in [-0.25, -0.2) is 0 Å². The molecule has 0 aliphatic rings. The molecule has 0 unspecified atom stereocenters. The van der Waals surface area contributed by atoms with Gasteiger partial charge in [0.1, 0.15) is 36.6 Å². The summed E-state index contributed by atoms with van der Waals surface area (Å²) in [7, 11) is 1.35. The predicted octanol–water partition coefficient (Wildman–Crippen LogP) is -1.43. The molecule has 0 radical (unpaired) electrons. The van der Waals surface area contributed by atoms with E-state index in [0.717, 1.165) is 51.4 Å². The lowest BCUT2D eigenvalue weighted by molar-refractivity contribution is -0.154. The Balaban J connectivity index is 4.18. The summed E-state index contributed by atoms with van der Waals surface area (Å²) in [4.78, 5) is 64.0. The number of nitrogens with two attached hydrogens (primary N) is 2. The molecule has 0 saturated heterocycles. The number of nitrogens with one attached hydrogen (secondary N) is 4. The fourth-order valence-electron chi connectivity index (χ4n) is 6.11. The highest BCUT2D eigenvalue weighted by Gasteiger charge is 2.38. The number of aliphatic imine (C=N–C) groups is 1. The normalized spacial score (nSPS) is 15.6. The SMILES string of the molecule is COC(=O)CCCCCCC(=N)CCCNC(=O)[C@@H](O)[C@H](O)[C@H](O)[C@@H](O)C(=O)CCCN=C(N)CCCCCCC(=N)CCCNC(=O)[C@@H](O)[C@H](O)[C@H](O)[C@@H](O)C(=O)CCCN. The lowest BCUT2D eigenvalue weighted by atomic mass is 9.97. The van der Waals surface area contributed by atoms with E-state index in [-0.39, 0.29) is 57.8 Å². The van der Waals surface area contributed by atoms with Crippen LogP contribution < -0.4 is 22.1 Å². The van der Waals surface area contributed by atoms with Crippen LogP contribution in [0.1, 0.15) is 128 Å². The summed E-state index contributed by atoms with van der Waals surface area (Å²) in [6.45, 7) is 0.537. The Morgan fingerprint density at radius 2 is 0.887 bits per heavy atom. The summed E-state index contributed by atoms with van der Waals surface area (Å²) in [5.74, 6) is -3.46. The number of Topliss-reactive ketones (excluding diaryl/α,β-unsaturated/α-hetero) is 2. The van der Waals surface area contributed by atoms with Crippen LogP contribution >= 0.6 is 0 Å². The summed E-state index contributed by atoms with van der Waals surface area (Å²) >= 11 is 0. The van der Waals surface area contributed by atoms with Crippen LogP contribution in [0.2, 0.25) is 0 Å². The molecule has 2 amide bonds. The predicted molar refractivity (Wildman–Crippen MR) is 229 cm³/mol. The summed E-state index contributed by atoms with van der Waals surface area (Å²) in [5.41, 5.74) is 12.2. The molecular weight excluding hydrogens is 814 g/mol. The van der Waals surface area contributed by atoms with Crippen molar-refractivity contribution in [3.05, 3.63) is 0 Å². The minimum Gasteiger partial charge on any atom is -0.469 e. The van der Waals surface area contributed by atoms with Gasteiger partial charge in [-0.2, -0.15) is 0 Å². The number of methoxy groups -OCH3 is 1. The van der Waals surface area contributed by atoms with Gasteiger partial charge >= 0.3 is 5.97 Å². The maximum Gasteiger partial charge on any atom is 0.305 e. The Morgan fingerprint density at radius 3 is 1.31 bits per heavy atom. The fourth-order valence-corrected chi connectivity index (χ4v) is 6.11. The van der Waals surface area contributed by atoms with Gasteiger partial charge < -0.3 is 78.5 Å². The molecule has 0 heterocycles. The number of aliphatic hydroxyl groups is 8. The van der Waals surface area contributed by atoms with E-state index in [4.69, 9.17) is 22.3 Å². The number of nitrogens with zero attached hydrogens (tertiary/aromatic N) is 1. The lowest BCUT2D eigenvalue weighted by Crippen LogP contribution is -2.52. The highest BCUT2D eigenvalue weighted by atomic mass is 16.5. The van der Waals surface area contributed by atoms with Crippen molar-refractivity contribution in [2.75, 3.05) is 33.3 Å². The van der Waals surface area contributed by atoms with Crippen molar-refractivity contribution in [1.82, 2.24) is 10.6 Å². The van der Waals surface area contributed by atoms with Crippen molar-refractivity contribution < 1.29 is 69.6 Å². The molecule has 0 bridgehead atoms. The van der Waals surface area contributed by atoms with Crippen molar-refractivity contribution in [2.24, 2.45) is 16.5 Å². The molecule has 358 valence electrons. The van der Waals surface area contributed by atoms with Gasteiger partial charge in [0.05, 0.1) is 12.9 Å². The first-order valence-corrected chi connectivity index (χ1v) is 21.6. The number of aliphatic hydroxyl groups excluding tert-OH is 8. The highest BCUT2D eigenvalue weighted by Crippen LogP contribution is 2.13. The first kappa shape index (κ1) is 58.2. The summed E-state index contributed by atoms with van der Waals surface area (Å²) < 4.78 is 4.59. The minimum atomic E-state index is -2.13. The number of carbonyl (C=O) groups excluding carboxylic acids is 5. The molecule has 8 atom stereocenters. The summed E-state index contributed by atoms with van der Waals surface area (Å²) in [6.07, 6.45) is -6.56. The van der Waals surface area contributed by atoms with E-state index in [9.17, 15) is 64.8 Å². The topological polar surface area (TPSA) is 393 Å². The molecule has 0 fully saturated rings. The van der Waals surface area contributed by atoms with Crippen LogP contribution in [0, 0.1) is 10.8 Å². The van der Waals surface area contributed by atoms with Crippen LogP contribution in [0.15, 0.2) is 4.99 Å². The van der Waals surface area contributed by atoms with Gasteiger partial charge in [0.15, 0.2) is 23.8 Å². The Bertz CT molecular complexity index is 1390. The standard InChI is InChI=1S/C41H75N7O14/c1-62-31(51)21-9-5-3-7-15-27(44)17-12-25-48-41(61)39(59)37(57)35(55)33(53)29(50)19-13-23-46-30(45)20-8-4-2-6-14-26(43)16-11-24-47-40(60)38(58)36(56)34(54)32(52)28(49)18-10-22-42/h32-39,43-44,52-59H,2-25,42H2,1H3,(H2,45,46)(H,47,60)(H,48,61)/t32-,33-,34+,35+,36+,37+,38-,39-/m0/s1. The molecule has 0 aromatic carbocycles. The van der Waals surface area contributed by atoms with Gasteiger partial charge in [-0.1, -0.05) is 25.7 Å². The third-order valence-electron chi connectivity index (χ3n) is 10.1. The average molecular weight is 890 g/mol. The van der Waals surface area contributed by atoms with Gasteiger partial charge in [0.25, 0.3) is 11.8 Å². The quantitative estimate of drug-likeness (QED) is 0.0146. The van der Waals surface area contributed by atoms with E-state index in [0.29, 0.717) is 68.6 Å². The van der Waals surface area contributed by atoms with Crippen LogP contribution in [-0.2, 0) is 28.7 Å². The van der Waals surface area contributed by atoms with Crippen LogP contribution in [0.3, 0.4) is 0 Å². The van der Waals surface area contributed by atoms with E-state index >= 15 is 0 Å². The molecule has 0 rings (SSSR count). The van der Waals surface area contributed by atoms with Crippen molar-refractivity contribution >= 4 is 46.6 Å². The zero-order valence-corrected chi connectivity index (χ0v) is 36.2.